The van der Waals surface area contributed by atoms with Gasteiger partial charge in [-0.3, -0.25) is 9.59 Å². The zero-order chi connectivity index (χ0) is 22.8. The number of hydrogen-bond donors (Lipinski definition) is 0. The molecule has 8 heteroatoms. The Balaban J connectivity index is 0.000000181. The van der Waals surface area contributed by atoms with Crippen molar-refractivity contribution in [2.45, 2.75) is 48.4 Å². The van der Waals surface area contributed by atoms with Gasteiger partial charge in [-0.15, -0.1) is 23.5 Å². The van der Waals surface area contributed by atoms with Crippen LogP contribution in [0.5, 0.6) is 0 Å². The summed E-state index contributed by atoms with van der Waals surface area (Å²) in [6, 6.07) is 19.9. The Morgan fingerprint density at radius 1 is 0.688 bits per heavy atom. The number of carbonyl (C=O) groups is 2. The average molecular weight is 477 g/mol. The summed E-state index contributed by atoms with van der Waals surface area (Å²) in [5.74, 6) is -0.281. The van der Waals surface area contributed by atoms with Gasteiger partial charge in [0.1, 0.15) is 10.5 Å². The minimum Gasteiger partial charge on any atom is -0.448 e. The second-order valence-electron chi connectivity index (χ2n) is 7.29. The minimum atomic E-state index is -0.147. The highest BCUT2D eigenvalue weighted by atomic mass is 32.2. The third-order valence-electron chi connectivity index (χ3n) is 4.60. The van der Waals surface area contributed by atoms with E-state index < -0.39 is 0 Å². The standard InChI is InChI=1S/2C12H14O3S/c2*1-9-12(13)15-11(16-9)8-14-7-10-5-3-2-4-6-10/h2*2-6,9,11H,7-8H2,1H3/t9-,11+;9-,11-/m00/s1. The molecule has 4 atom stereocenters. The quantitative estimate of drug-likeness (QED) is 0.519. The molecule has 4 rings (SSSR count). The Morgan fingerprint density at radius 3 is 1.38 bits per heavy atom. The van der Waals surface area contributed by atoms with Crippen molar-refractivity contribution in [3.63, 3.8) is 0 Å². The topological polar surface area (TPSA) is 71.1 Å². The van der Waals surface area contributed by atoms with E-state index in [2.05, 4.69) is 0 Å². The van der Waals surface area contributed by atoms with E-state index in [1.807, 2.05) is 74.5 Å². The molecule has 2 fully saturated rings. The van der Waals surface area contributed by atoms with Gasteiger partial charge in [-0.2, -0.15) is 0 Å². The van der Waals surface area contributed by atoms with Gasteiger partial charge < -0.3 is 18.9 Å². The van der Waals surface area contributed by atoms with E-state index in [1.54, 1.807) is 0 Å². The van der Waals surface area contributed by atoms with E-state index in [9.17, 15) is 9.59 Å². The highest BCUT2D eigenvalue weighted by Gasteiger charge is 2.32. The van der Waals surface area contributed by atoms with Crippen molar-refractivity contribution in [1.29, 1.82) is 0 Å². The van der Waals surface area contributed by atoms with Crippen molar-refractivity contribution in [2.75, 3.05) is 13.2 Å². The lowest BCUT2D eigenvalue weighted by atomic mass is 10.2. The van der Waals surface area contributed by atoms with Gasteiger partial charge in [0.25, 0.3) is 0 Å². The van der Waals surface area contributed by atoms with E-state index >= 15 is 0 Å². The molecule has 0 radical (unpaired) electrons. The first-order chi connectivity index (χ1) is 15.5. The predicted molar refractivity (Wildman–Crippen MR) is 126 cm³/mol. The first kappa shape index (κ1) is 24.6. The molecule has 0 spiro atoms. The highest BCUT2D eigenvalue weighted by Crippen LogP contribution is 2.29. The summed E-state index contributed by atoms with van der Waals surface area (Å²) in [4.78, 5) is 22.2. The van der Waals surface area contributed by atoms with Crippen LogP contribution in [-0.2, 0) is 41.8 Å². The van der Waals surface area contributed by atoms with Crippen LogP contribution in [0.4, 0.5) is 0 Å². The molecule has 2 saturated heterocycles. The van der Waals surface area contributed by atoms with Crippen molar-refractivity contribution in [1.82, 2.24) is 0 Å². The van der Waals surface area contributed by atoms with Gasteiger partial charge in [-0.25, -0.2) is 0 Å². The van der Waals surface area contributed by atoms with Gasteiger partial charge in [0.05, 0.1) is 26.4 Å². The summed E-state index contributed by atoms with van der Waals surface area (Å²) in [5.41, 5.74) is 1.96. The molecule has 0 bridgehead atoms. The van der Waals surface area contributed by atoms with E-state index in [0.717, 1.165) is 11.1 Å². The molecule has 6 nitrogen and oxygen atoms in total. The summed E-state index contributed by atoms with van der Waals surface area (Å²) < 4.78 is 21.2. The van der Waals surface area contributed by atoms with E-state index in [4.69, 9.17) is 18.9 Å². The van der Waals surface area contributed by atoms with E-state index in [0.29, 0.717) is 26.4 Å². The van der Waals surface area contributed by atoms with Gasteiger partial charge in [-0.1, -0.05) is 60.7 Å². The summed E-state index contributed by atoms with van der Waals surface area (Å²) in [7, 11) is 0. The van der Waals surface area contributed by atoms with Crippen molar-refractivity contribution in [3.05, 3.63) is 71.8 Å². The monoisotopic (exact) mass is 476 g/mol. The molecule has 2 aliphatic rings. The first-order valence-corrected chi connectivity index (χ1v) is 12.3. The van der Waals surface area contributed by atoms with Crippen LogP contribution < -0.4 is 0 Å². The van der Waals surface area contributed by atoms with Crippen molar-refractivity contribution < 1.29 is 28.5 Å². The third-order valence-corrected chi connectivity index (χ3v) is 6.87. The van der Waals surface area contributed by atoms with E-state index in [-0.39, 0.29) is 33.3 Å². The van der Waals surface area contributed by atoms with Crippen molar-refractivity contribution in [3.8, 4) is 0 Å². The molecule has 32 heavy (non-hydrogen) atoms. The lowest BCUT2D eigenvalue weighted by molar-refractivity contribution is -0.144. The Labute approximate surface area is 197 Å². The summed E-state index contributed by atoms with van der Waals surface area (Å²) in [6.07, 6.45) is 0. The normalized spacial score (nSPS) is 24.4. The number of benzene rings is 2. The van der Waals surface area contributed by atoms with Gasteiger partial charge in [0, 0.05) is 0 Å². The van der Waals surface area contributed by atoms with Crippen LogP contribution in [0.15, 0.2) is 60.7 Å². The largest absolute Gasteiger partial charge is 0.448 e. The Bertz CT molecular complexity index is 777. The first-order valence-electron chi connectivity index (χ1n) is 10.5. The van der Waals surface area contributed by atoms with Crippen molar-refractivity contribution >= 4 is 35.5 Å². The van der Waals surface area contributed by atoms with Crippen LogP contribution in [0, 0.1) is 0 Å². The number of thioether (sulfide) groups is 2. The SMILES string of the molecule is C[C@@H]1S[C@@H](COCc2ccccc2)OC1=O.C[C@@H]1S[C@H](COCc2ccccc2)OC1=O. The fraction of sp³-hybridized carbons (Fsp3) is 0.417. The molecule has 2 heterocycles. The van der Waals surface area contributed by atoms with Gasteiger partial charge in [0.2, 0.25) is 0 Å². The molecule has 0 unspecified atom stereocenters. The molecular formula is C24H28O6S2. The molecule has 2 aromatic carbocycles. The van der Waals surface area contributed by atoms with Crippen molar-refractivity contribution in [2.24, 2.45) is 0 Å². The van der Waals surface area contributed by atoms with E-state index in [1.165, 1.54) is 23.5 Å². The highest BCUT2D eigenvalue weighted by molar-refractivity contribution is 8.01. The zero-order valence-electron chi connectivity index (χ0n) is 18.2. The maximum atomic E-state index is 11.1. The number of rotatable bonds is 8. The van der Waals surface area contributed by atoms with Crippen LogP contribution in [0.25, 0.3) is 0 Å². The second-order valence-corrected chi connectivity index (χ2v) is 10.3. The molecule has 0 amide bonds. The molecule has 0 aromatic heterocycles. The number of hydrogen-bond acceptors (Lipinski definition) is 8. The lowest BCUT2D eigenvalue weighted by Gasteiger charge is -2.09. The molecule has 2 aliphatic heterocycles. The van der Waals surface area contributed by atoms with Gasteiger partial charge in [0.15, 0.2) is 10.9 Å². The molecule has 0 saturated carbocycles. The van der Waals surface area contributed by atoms with Crippen LogP contribution in [-0.4, -0.2) is 46.5 Å². The Hall–Kier alpha value is -2.00. The molecular weight excluding hydrogens is 448 g/mol. The summed E-state index contributed by atoms with van der Waals surface area (Å²) in [5, 5.41) is -0.129. The zero-order valence-corrected chi connectivity index (χ0v) is 19.8. The number of cyclic esters (lactones) is 2. The van der Waals surface area contributed by atoms with Gasteiger partial charge in [-0.05, 0) is 25.0 Å². The Morgan fingerprint density at radius 2 is 1.06 bits per heavy atom. The fourth-order valence-electron chi connectivity index (χ4n) is 2.91. The molecule has 0 N–H and O–H groups in total. The second kappa shape index (κ2) is 12.9. The molecule has 172 valence electrons. The minimum absolute atomic E-state index is 0.0645. The molecule has 0 aliphatic carbocycles. The summed E-state index contributed by atoms with van der Waals surface area (Å²) >= 11 is 3.02. The predicted octanol–water partition coefficient (Wildman–Crippen LogP) is 4.42. The molecule has 2 aromatic rings. The maximum Gasteiger partial charge on any atom is 0.320 e. The van der Waals surface area contributed by atoms with Crippen LogP contribution in [0.3, 0.4) is 0 Å². The third kappa shape index (κ3) is 8.16. The van der Waals surface area contributed by atoms with Gasteiger partial charge >= 0.3 is 11.9 Å². The Kier molecular flexibility index (Phi) is 9.92. The maximum absolute atomic E-state index is 11.1. The van der Waals surface area contributed by atoms with Crippen LogP contribution in [0.1, 0.15) is 25.0 Å². The lowest BCUT2D eigenvalue weighted by Crippen LogP contribution is -2.13. The fourth-order valence-corrected chi connectivity index (χ4v) is 4.81. The number of ether oxygens (including phenoxy) is 4. The number of esters is 2. The van der Waals surface area contributed by atoms with Crippen LogP contribution in [0.2, 0.25) is 0 Å². The average Bonchev–Trinajstić information content (AvgIpc) is 3.29. The number of carbonyl (C=O) groups excluding carboxylic acids is 2. The summed E-state index contributed by atoms with van der Waals surface area (Å²) in [6.45, 7) is 5.73. The smallest absolute Gasteiger partial charge is 0.320 e. The van der Waals surface area contributed by atoms with Crippen LogP contribution >= 0.6 is 23.5 Å².